The van der Waals surface area contributed by atoms with Gasteiger partial charge in [0.15, 0.2) is 5.06 Å². The van der Waals surface area contributed by atoms with Crippen LogP contribution >= 0.6 is 34.8 Å². The monoisotopic (exact) mass is 292 g/mol. The quantitative estimate of drug-likeness (QED) is 0.839. The summed E-state index contributed by atoms with van der Waals surface area (Å²) in [6.45, 7) is 0. The van der Waals surface area contributed by atoms with Gasteiger partial charge in [0, 0.05) is 12.8 Å². The Kier molecular flexibility index (Phi) is 3.60. The zero-order chi connectivity index (χ0) is 12.5. The van der Waals surface area contributed by atoms with E-state index in [0.717, 1.165) is 0 Å². The maximum Gasteiger partial charge on any atom is 0.199 e. The van der Waals surface area contributed by atoms with Crippen LogP contribution < -0.4 is 4.74 Å². The lowest BCUT2D eigenvalue weighted by Gasteiger charge is -2.33. The van der Waals surface area contributed by atoms with Gasteiger partial charge in [0.2, 0.25) is 0 Å². The molecule has 1 aromatic carbocycles. The van der Waals surface area contributed by atoms with Crippen LogP contribution in [-0.2, 0) is 0 Å². The second-order valence-corrected chi connectivity index (χ2v) is 6.25. The molecule has 1 aliphatic rings. The molecule has 1 aromatic rings. The number of alkyl halides is 3. The van der Waals surface area contributed by atoms with E-state index < -0.39 is 9.39 Å². The molecule has 1 unspecified atom stereocenters. The van der Waals surface area contributed by atoms with Crippen LogP contribution in [0.25, 0.3) is 0 Å². The predicted octanol–water partition coefficient (Wildman–Crippen LogP) is 3.84. The zero-order valence-electron chi connectivity index (χ0n) is 8.87. The highest BCUT2D eigenvalue weighted by atomic mass is 35.5. The van der Waals surface area contributed by atoms with Gasteiger partial charge >= 0.3 is 0 Å². The van der Waals surface area contributed by atoms with Crippen LogP contribution in [0.15, 0.2) is 42.2 Å². The Hall–Kier alpha value is -0.410. The van der Waals surface area contributed by atoms with Crippen LogP contribution in [-0.4, -0.2) is 14.5 Å². The number of para-hydroxylation sites is 1. The molecule has 0 spiro atoms. The summed E-state index contributed by atoms with van der Waals surface area (Å²) in [7, 11) is 0. The van der Waals surface area contributed by atoms with E-state index in [0.29, 0.717) is 12.2 Å². The van der Waals surface area contributed by atoms with Gasteiger partial charge in [-0.15, -0.1) is 23.2 Å². The number of rotatable bonds is 2. The highest BCUT2D eigenvalue weighted by Crippen LogP contribution is 2.44. The first kappa shape index (κ1) is 13.0. The molecule has 0 saturated heterocycles. The summed E-state index contributed by atoms with van der Waals surface area (Å²) in [6, 6.07) is 9.09. The first-order valence-corrected chi connectivity index (χ1v) is 6.25. The average Bonchev–Trinajstić information content (AvgIpc) is 2.22. The molecule has 1 N–H and O–H groups in total. The molecule has 0 aromatic heterocycles. The van der Waals surface area contributed by atoms with E-state index in [1.54, 1.807) is 18.2 Å². The van der Waals surface area contributed by atoms with E-state index in [9.17, 15) is 5.11 Å². The van der Waals surface area contributed by atoms with Gasteiger partial charge in [0.25, 0.3) is 0 Å². The molecular formula is C12H11Cl3O2. The van der Waals surface area contributed by atoms with Crippen LogP contribution in [0.1, 0.15) is 12.8 Å². The van der Waals surface area contributed by atoms with Gasteiger partial charge in [-0.1, -0.05) is 29.8 Å². The third-order valence-electron chi connectivity index (χ3n) is 2.43. The van der Waals surface area contributed by atoms with Crippen LogP contribution in [0.2, 0.25) is 0 Å². The average molecular weight is 294 g/mol. The highest BCUT2D eigenvalue weighted by molar-refractivity contribution is 6.49. The largest absolute Gasteiger partial charge is 0.458 e. The van der Waals surface area contributed by atoms with Gasteiger partial charge in [-0.25, -0.2) is 0 Å². The molecule has 92 valence electrons. The molecule has 1 atom stereocenters. The predicted molar refractivity (Wildman–Crippen MR) is 69.6 cm³/mol. The normalized spacial score (nSPS) is 27.4. The van der Waals surface area contributed by atoms with E-state index in [2.05, 4.69) is 0 Å². The van der Waals surface area contributed by atoms with Crippen molar-refractivity contribution in [3.05, 3.63) is 42.2 Å². The van der Waals surface area contributed by atoms with E-state index in [-0.39, 0.29) is 12.2 Å². The lowest BCUT2D eigenvalue weighted by molar-refractivity contribution is 0.0994. The van der Waals surface area contributed by atoms with E-state index in [4.69, 9.17) is 39.5 Å². The Bertz CT molecular complexity index is 427. The molecule has 0 bridgehead atoms. The summed E-state index contributed by atoms with van der Waals surface area (Å²) in [5, 5.41) is 8.37. The first-order chi connectivity index (χ1) is 7.89. The van der Waals surface area contributed by atoms with Crippen molar-refractivity contribution in [2.24, 2.45) is 0 Å². The number of halogens is 3. The lowest BCUT2D eigenvalue weighted by atomic mass is 10.0. The molecule has 0 amide bonds. The van der Waals surface area contributed by atoms with Crippen LogP contribution in [0.5, 0.6) is 5.75 Å². The topological polar surface area (TPSA) is 29.5 Å². The van der Waals surface area contributed by atoms with E-state index in [1.807, 2.05) is 18.2 Å². The molecule has 5 heteroatoms. The first-order valence-electron chi connectivity index (χ1n) is 5.12. The number of benzene rings is 1. The Morgan fingerprint density at radius 1 is 1.12 bits per heavy atom. The Labute approximate surface area is 115 Å². The summed E-state index contributed by atoms with van der Waals surface area (Å²) in [5.41, 5.74) is 0. The fourth-order valence-electron chi connectivity index (χ4n) is 1.64. The van der Waals surface area contributed by atoms with Crippen LogP contribution in [0, 0.1) is 0 Å². The summed E-state index contributed by atoms with van der Waals surface area (Å²) >= 11 is 17.9. The molecule has 1 aliphatic carbocycles. The molecule has 17 heavy (non-hydrogen) atoms. The van der Waals surface area contributed by atoms with Crippen molar-refractivity contribution < 1.29 is 9.84 Å². The Balaban J connectivity index is 2.19. The number of hydrogen-bond acceptors (Lipinski definition) is 2. The van der Waals surface area contributed by atoms with Crippen molar-refractivity contribution in [1.29, 1.82) is 0 Å². The van der Waals surface area contributed by atoms with Crippen molar-refractivity contribution in [3.8, 4) is 5.75 Å². The van der Waals surface area contributed by atoms with Crippen molar-refractivity contribution >= 4 is 34.8 Å². The summed E-state index contributed by atoms with van der Waals surface area (Å²) in [4.78, 5) is 0. The van der Waals surface area contributed by atoms with Gasteiger partial charge in [-0.2, -0.15) is 0 Å². The molecular weight excluding hydrogens is 282 g/mol. The summed E-state index contributed by atoms with van der Waals surface area (Å²) < 4.78 is 4.47. The maximum atomic E-state index is 10.0. The minimum atomic E-state index is -1.67. The molecule has 2 nitrogen and oxygen atoms in total. The van der Waals surface area contributed by atoms with Gasteiger partial charge in [0.05, 0.1) is 0 Å². The number of allylic oxidation sites excluding steroid dienone is 1. The second kappa shape index (κ2) is 4.69. The third-order valence-corrected chi connectivity index (χ3v) is 3.32. The lowest BCUT2D eigenvalue weighted by Crippen LogP contribution is -2.37. The minimum absolute atomic E-state index is 0.0172. The third kappa shape index (κ3) is 3.29. The van der Waals surface area contributed by atoms with Gasteiger partial charge in [0.1, 0.15) is 15.8 Å². The SMILES string of the molecule is OC1(Cl)CC(Cl)(Cl)CC=C1Oc1ccccc1. The fraction of sp³-hybridized carbons (Fsp3) is 0.333. The fourth-order valence-corrected chi connectivity index (χ4v) is 2.66. The van der Waals surface area contributed by atoms with Gasteiger partial charge in [-0.3, -0.25) is 0 Å². The summed E-state index contributed by atoms with van der Waals surface area (Å²) in [5.74, 6) is 0.872. The number of ether oxygens (including phenoxy) is 1. The minimum Gasteiger partial charge on any atom is -0.458 e. The molecule has 0 aliphatic heterocycles. The standard InChI is InChI=1S/C12H11Cl3O2/c13-11(14)7-6-10(12(15,16)8-11)17-9-4-2-1-3-5-9/h1-6,16H,7-8H2. The Morgan fingerprint density at radius 3 is 2.35 bits per heavy atom. The summed E-state index contributed by atoms with van der Waals surface area (Å²) in [6.07, 6.45) is 2.01. The second-order valence-electron chi connectivity index (χ2n) is 3.98. The van der Waals surface area contributed by atoms with Gasteiger partial charge < -0.3 is 9.84 Å². The number of aliphatic hydroxyl groups is 1. The maximum absolute atomic E-state index is 10.0. The van der Waals surface area contributed by atoms with Crippen molar-refractivity contribution in [2.75, 3.05) is 0 Å². The molecule has 2 rings (SSSR count). The zero-order valence-corrected chi connectivity index (χ0v) is 11.1. The Morgan fingerprint density at radius 2 is 1.76 bits per heavy atom. The smallest absolute Gasteiger partial charge is 0.199 e. The molecule has 0 saturated carbocycles. The highest BCUT2D eigenvalue weighted by Gasteiger charge is 2.44. The molecule has 0 fully saturated rings. The van der Waals surface area contributed by atoms with Crippen LogP contribution in [0.3, 0.4) is 0 Å². The van der Waals surface area contributed by atoms with Crippen molar-refractivity contribution in [2.45, 2.75) is 22.2 Å². The molecule has 0 heterocycles. The van der Waals surface area contributed by atoms with Crippen LogP contribution in [0.4, 0.5) is 0 Å². The van der Waals surface area contributed by atoms with Gasteiger partial charge in [-0.05, 0) is 18.2 Å². The van der Waals surface area contributed by atoms with Crippen molar-refractivity contribution in [3.63, 3.8) is 0 Å². The van der Waals surface area contributed by atoms with E-state index in [1.165, 1.54) is 0 Å². The van der Waals surface area contributed by atoms with Crippen molar-refractivity contribution in [1.82, 2.24) is 0 Å². The number of hydrogen-bond donors (Lipinski definition) is 1. The van der Waals surface area contributed by atoms with E-state index >= 15 is 0 Å². The molecule has 0 radical (unpaired) electrons.